The van der Waals surface area contributed by atoms with E-state index in [0.717, 1.165) is 0 Å². The second-order valence-corrected chi connectivity index (χ2v) is 2.95. The van der Waals surface area contributed by atoms with E-state index in [9.17, 15) is 4.79 Å². The number of aromatic amines is 1. The Morgan fingerprint density at radius 3 is 3.00 bits per heavy atom. The molecule has 6 heteroatoms. The molecule has 2 N–H and O–H groups in total. The summed E-state index contributed by atoms with van der Waals surface area (Å²) in [7, 11) is 0. The van der Waals surface area contributed by atoms with Crippen molar-refractivity contribution >= 4 is 5.97 Å². The van der Waals surface area contributed by atoms with Gasteiger partial charge in [-0.1, -0.05) is 0 Å². The second kappa shape index (κ2) is 3.49. The molecule has 2 heterocycles. The minimum absolute atomic E-state index is 0.0353. The van der Waals surface area contributed by atoms with Gasteiger partial charge in [-0.05, 0) is 13.0 Å². The number of nitrogens with one attached hydrogen (secondary N) is 1. The van der Waals surface area contributed by atoms with Gasteiger partial charge in [0.25, 0.3) is 0 Å². The Hall–Kier alpha value is -2.24. The largest absolute Gasteiger partial charge is 0.477 e. The zero-order chi connectivity index (χ0) is 10.8. The van der Waals surface area contributed by atoms with Crippen molar-refractivity contribution in [3.05, 3.63) is 30.0 Å². The molecule has 0 unspecified atom stereocenters. The van der Waals surface area contributed by atoms with Crippen LogP contribution < -0.4 is 0 Å². The van der Waals surface area contributed by atoms with Crippen molar-refractivity contribution in [3.63, 3.8) is 0 Å². The van der Waals surface area contributed by atoms with Gasteiger partial charge < -0.3 is 5.11 Å². The summed E-state index contributed by atoms with van der Waals surface area (Å²) in [4.78, 5) is 18.9. The first kappa shape index (κ1) is 9.32. The molecule has 2 aromatic rings. The molecule has 2 rings (SSSR count). The fraction of sp³-hybridized carbons (Fsp3) is 0.111. The van der Waals surface area contributed by atoms with Crippen LogP contribution in [-0.4, -0.2) is 31.2 Å². The number of hydrogen-bond acceptors (Lipinski definition) is 4. The minimum Gasteiger partial charge on any atom is -0.477 e. The Kier molecular flexibility index (Phi) is 2.17. The molecule has 0 aliphatic heterocycles. The molecule has 0 atom stereocenters. The normalized spacial score (nSPS) is 10.2. The lowest BCUT2D eigenvalue weighted by atomic mass is 10.2. The van der Waals surface area contributed by atoms with E-state index in [1.807, 2.05) is 0 Å². The Morgan fingerprint density at radius 1 is 1.53 bits per heavy atom. The molecule has 0 fully saturated rings. The quantitative estimate of drug-likeness (QED) is 0.757. The number of aromatic nitrogens is 4. The maximum absolute atomic E-state index is 10.8. The number of nitrogens with zero attached hydrogens (tertiary/aromatic N) is 3. The molecule has 0 aromatic carbocycles. The Morgan fingerprint density at radius 2 is 2.33 bits per heavy atom. The first-order valence-corrected chi connectivity index (χ1v) is 4.25. The molecule has 0 aliphatic carbocycles. The summed E-state index contributed by atoms with van der Waals surface area (Å²) in [6.45, 7) is 1.74. The van der Waals surface area contributed by atoms with Crippen LogP contribution in [0.5, 0.6) is 0 Å². The zero-order valence-electron chi connectivity index (χ0n) is 7.93. The summed E-state index contributed by atoms with van der Waals surface area (Å²) in [6.07, 6.45) is 3.02. The predicted octanol–water partition coefficient (Wildman–Crippen LogP) is 0.873. The lowest BCUT2D eigenvalue weighted by molar-refractivity contribution is 0.0691. The molecular weight excluding hydrogens is 196 g/mol. The third-order valence-corrected chi connectivity index (χ3v) is 1.91. The van der Waals surface area contributed by atoms with E-state index in [1.165, 1.54) is 6.20 Å². The summed E-state index contributed by atoms with van der Waals surface area (Å²) in [6, 6.07) is 1.64. The summed E-state index contributed by atoms with van der Waals surface area (Å²) in [5, 5.41) is 15.0. The number of H-pyrrole nitrogens is 1. The van der Waals surface area contributed by atoms with E-state index in [2.05, 4.69) is 20.2 Å². The van der Waals surface area contributed by atoms with Gasteiger partial charge in [0, 0.05) is 6.20 Å². The van der Waals surface area contributed by atoms with Crippen molar-refractivity contribution in [1.82, 2.24) is 20.2 Å². The topological polar surface area (TPSA) is 91.8 Å². The standard InChI is InChI=1S/C9H8N4O2/c1-5-10-3-2-7(12-5)6-4-11-13-8(6)9(14)15/h2-4H,1H3,(H,11,13)(H,14,15). The van der Waals surface area contributed by atoms with Gasteiger partial charge in [0.1, 0.15) is 5.82 Å². The Labute approximate surface area is 85.0 Å². The van der Waals surface area contributed by atoms with Gasteiger partial charge in [0.15, 0.2) is 5.69 Å². The van der Waals surface area contributed by atoms with Crippen molar-refractivity contribution in [1.29, 1.82) is 0 Å². The van der Waals surface area contributed by atoms with Crippen LogP contribution in [-0.2, 0) is 0 Å². The summed E-state index contributed by atoms with van der Waals surface area (Å²) >= 11 is 0. The molecule has 0 bridgehead atoms. The monoisotopic (exact) mass is 204 g/mol. The molecule has 0 saturated carbocycles. The Bertz CT molecular complexity index is 506. The maximum atomic E-state index is 10.8. The van der Waals surface area contributed by atoms with Crippen LogP contribution in [0.3, 0.4) is 0 Å². The average molecular weight is 204 g/mol. The summed E-state index contributed by atoms with van der Waals surface area (Å²) in [5.74, 6) is -0.469. The van der Waals surface area contributed by atoms with Gasteiger partial charge in [-0.25, -0.2) is 14.8 Å². The van der Waals surface area contributed by atoms with E-state index in [1.54, 1.807) is 19.2 Å². The SMILES string of the molecule is Cc1nccc(-c2cn[nH]c2C(=O)O)n1. The van der Waals surface area contributed by atoms with E-state index in [4.69, 9.17) is 5.11 Å². The van der Waals surface area contributed by atoms with Crippen LogP contribution in [0.25, 0.3) is 11.3 Å². The number of rotatable bonds is 2. The smallest absolute Gasteiger partial charge is 0.354 e. The molecular formula is C9H8N4O2. The van der Waals surface area contributed by atoms with E-state index in [-0.39, 0.29) is 5.69 Å². The second-order valence-electron chi connectivity index (χ2n) is 2.95. The van der Waals surface area contributed by atoms with Gasteiger partial charge in [0.2, 0.25) is 0 Å². The minimum atomic E-state index is -1.06. The van der Waals surface area contributed by atoms with Crippen LogP contribution in [0, 0.1) is 6.92 Å². The van der Waals surface area contributed by atoms with Crippen molar-refractivity contribution in [3.8, 4) is 11.3 Å². The van der Waals surface area contributed by atoms with Crippen LogP contribution in [0.1, 0.15) is 16.3 Å². The maximum Gasteiger partial charge on any atom is 0.354 e. The third-order valence-electron chi connectivity index (χ3n) is 1.91. The zero-order valence-corrected chi connectivity index (χ0v) is 7.93. The van der Waals surface area contributed by atoms with Gasteiger partial charge in [-0.3, -0.25) is 5.10 Å². The number of carboxylic acid groups (broad SMARTS) is 1. The number of aryl methyl sites for hydroxylation is 1. The molecule has 76 valence electrons. The van der Waals surface area contributed by atoms with E-state index >= 15 is 0 Å². The van der Waals surface area contributed by atoms with Gasteiger partial charge in [0.05, 0.1) is 17.5 Å². The molecule has 0 radical (unpaired) electrons. The lowest BCUT2D eigenvalue weighted by Gasteiger charge is -1.98. The van der Waals surface area contributed by atoms with Gasteiger partial charge in [-0.2, -0.15) is 5.10 Å². The highest BCUT2D eigenvalue weighted by atomic mass is 16.4. The summed E-state index contributed by atoms with van der Waals surface area (Å²) in [5.41, 5.74) is 1.05. The van der Waals surface area contributed by atoms with E-state index in [0.29, 0.717) is 17.1 Å². The molecule has 0 amide bonds. The van der Waals surface area contributed by atoms with Crippen molar-refractivity contribution in [2.24, 2.45) is 0 Å². The highest BCUT2D eigenvalue weighted by Gasteiger charge is 2.14. The van der Waals surface area contributed by atoms with Crippen molar-refractivity contribution in [2.45, 2.75) is 6.92 Å². The van der Waals surface area contributed by atoms with Gasteiger partial charge >= 0.3 is 5.97 Å². The lowest BCUT2D eigenvalue weighted by Crippen LogP contribution is -2.00. The van der Waals surface area contributed by atoms with Gasteiger partial charge in [-0.15, -0.1) is 0 Å². The Balaban J connectivity index is 2.54. The molecule has 2 aromatic heterocycles. The van der Waals surface area contributed by atoms with Crippen molar-refractivity contribution < 1.29 is 9.90 Å². The predicted molar refractivity (Wildman–Crippen MR) is 51.3 cm³/mol. The highest BCUT2D eigenvalue weighted by molar-refractivity contribution is 5.93. The van der Waals surface area contributed by atoms with E-state index < -0.39 is 5.97 Å². The number of carbonyl (C=O) groups is 1. The fourth-order valence-corrected chi connectivity index (χ4v) is 1.25. The fourth-order valence-electron chi connectivity index (χ4n) is 1.25. The number of hydrogen-bond donors (Lipinski definition) is 2. The number of aromatic carboxylic acids is 1. The average Bonchev–Trinajstić information content (AvgIpc) is 2.65. The summed E-state index contributed by atoms with van der Waals surface area (Å²) < 4.78 is 0. The van der Waals surface area contributed by atoms with Crippen LogP contribution in [0.15, 0.2) is 18.5 Å². The third kappa shape index (κ3) is 1.69. The highest BCUT2D eigenvalue weighted by Crippen LogP contribution is 2.18. The molecule has 0 aliphatic rings. The van der Waals surface area contributed by atoms with Crippen LogP contribution in [0.4, 0.5) is 0 Å². The first-order chi connectivity index (χ1) is 7.18. The molecule has 0 saturated heterocycles. The van der Waals surface area contributed by atoms with Crippen molar-refractivity contribution in [2.75, 3.05) is 0 Å². The first-order valence-electron chi connectivity index (χ1n) is 4.25. The molecule has 0 spiro atoms. The van der Waals surface area contributed by atoms with Crippen LogP contribution in [0.2, 0.25) is 0 Å². The number of carboxylic acids is 1. The molecule has 6 nitrogen and oxygen atoms in total. The van der Waals surface area contributed by atoms with Crippen LogP contribution >= 0.6 is 0 Å². The molecule has 15 heavy (non-hydrogen) atoms.